The Hall–Kier alpha value is -0.630. The number of carbonyl (C=O) groups excluding carboxylic acids is 2. The minimum absolute atomic E-state index is 0.0563. The first-order valence-corrected chi connectivity index (χ1v) is 7.80. The van der Waals surface area contributed by atoms with Gasteiger partial charge in [0.2, 0.25) is 5.91 Å². The van der Waals surface area contributed by atoms with Gasteiger partial charge in [-0.15, -0.1) is 0 Å². The van der Waals surface area contributed by atoms with Gasteiger partial charge < -0.3 is 10.6 Å². The SMILES string of the molecule is CC(C)NC(=O)CCNC(=O)c1cc(Br)ccc1I. The van der Waals surface area contributed by atoms with Crippen LogP contribution < -0.4 is 10.6 Å². The fourth-order valence-electron chi connectivity index (χ4n) is 1.45. The smallest absolute Gasteiger partial charge is 0.252 e. The maximum Gasteiger partial charge on any atom is 0.252 e. The molecule has 4 nitrogen and oxygen atoms in total. The summed E-state index contributed by atoms with van der Waals surface area (Å²) >= 11 is 5.45. The standard InChI is InChI=1S/C13H16BrIN2O2/c1-8(2)17-12(18)5-6-16-13(19)10-7-9(14)3-4-11(10)15/h3-4,7-8H,5-6H2,1-2H3,(H,16,19)(H,17,18). The van der Waals surface area contributed by atoms with Gasteiger partial charge in [-0.3, -0.25) is 9.59 Å². The average Bonchev–Trinajstić information content (AvgIpc) is 2.31. The van der Waals surface area contributed by atoms with Crippen LogP contribution in [0.2, 0.25) is 0 Å². The van der Waals surface area contributed by atoms with Crippen molar-refractivity contribution in [1.82, 2.24) is 10.6 Å². The number of nitrogens with one attached hydrogen (secondary N) is 2. The van der Waals surface area contributed by atoms with Crippen molar-refractivity contribution in [2.45, 2.75) is 26.3 Å². The third-order valence-corrected chi connectivity index (χ3v) is 3.69. The van der Waals surface area contributed by atoms with E-state index in [1.807, 2.05) is 26.0 Å². The molecule has 1 aromatic carbocycles. The molecule has 6 heteroatoms. The number of hydrogen-bond acceptors (Lipinski definition) is 2. The lowest BCUT2D eigenvalue weighted by Gasteiger charge is -2.09. The largest absolute Gasteiger partial charge is 0.354 e. The molecule has 0 aliphatic heterocycles. The van der Waals surface area contributed by atoms with Crippen molar-refractivity contribution in [1.29, 1.82) is 0 Å². The molecule has 1 aromatic rings. The zero-order chi connectivity index (χ0) is 14.4. The highest BCUT2D eigenvalue weighted by atomic mass is 127. The third-order valence-electron chi connectivity index (χ3n) is 2.26. The van der Waals surface area contributed by atoms with E-state index < -0.39 is 0 Å². The van der Waals surface area contributed by atoms with Gasteiger partial charge in [0.25, 0.3) is 5.91 Å². The highest BCUT2D eigenvalue weighted by Crippen LogP contribution is 2.18. The van der Waals surface area contributed by atoms with Crippen molar-refractivity contribution in [3.05, 3.63) is 31.8 Å². The molecule has 0 fully saturated rings. The van der Waals surface area contributed by atoms with E-state index in [4.69, 9.17) is 0 Å². The summed E-state index contributed by atoms with van der Waals surface area (Å²) in [6.07, 6.45) is 0.286. The molecule has 0 atom stereocenters. The van der Waals surface area contributed by atoms with Crippen molar-refractivity contribution in [3.63, 3.8) is 0 Å². The van der Waals surface area contributed by atoms with E-state index in [2.05, 4.69) is 49.2 Å². The molecule has 0 saturated carbocycles. The zero-order valence-electron chi connectivity index (χ0n) is 10.8. The molecule has 0 aliphatic rings. The number of rotatable bonds is 5. The van der Waals surface area contributed by atoms with Crippen LogP contribution in [0.4, 0.5) is 0 Å². The Morgan fingerprint density at radius 2 is 2.05 bits per heavy atom. The van der Waals surface area contributed by atoms with Gasteiger partial charge >= 0.3 is 0 Å². The Bertz CT molecular complexity index is 478. The van der Waals surface area contributed by atoms with E-state index in [1.54, 1.807) is 6.07 Å². The molecule has 0 aliphatic carbocycles. The van der Waals surface area contributed by atoms with Crippen LogP contribution in [0.1, 0.15) is 30.6 Å². The first kappa shape index (κ1) is 16.4. The summed E-state index contributed by atoms with van der Waals surface area (Å²) in [5, 5.41) is 5.52. The third kappa shape index (κ3) is 5.90. The van der Waals surface area contributed by atoms with Crippen LogP contribution in [0.5, 0.6) is 0 Å². The van der Waals surface area contributed by atoms with Crippen LogP contribution >= 0.6 is 38.5 Å². The Morgan fingerprint density at radius 3 is 2.68 bits per heavy atom. The Balaban J connectivity index is 2.48. The molecular formula is C13H16BrIN2O2. The monoisotopic (exact) mass is 438 g/mol. The van der Waals surface area contributed by atoms with Crippen molar-refractivity contribution in [2.75, 3.05) is 6.54 Å². The van der Waals surface area contributed by atoms with E-state index >= 15 is 0 Å². The number of carbonyl (C=O) groups is 2. The van der Waals surface area contributed by atoms with Gasteiger partial charge in [0.15, 0.2) is 0 Å². The van der Waals surface area contributed by atoms with Crippen LogP contribution in [0.15, 0.2) is 22.7 Å². The lowest BCUT2D eigenvalue weighted by Crippen LogP contribution is -2.34. The van der Waals surface area contributed by atoms with Gasteiger partial charge in [0.05, 0.1) is 5.56 Å². The summed E-state index contributed by atoms with van der Waals surface area (Å²) in [7, 11) is 0. The van der Waals surface area contributed by atoms with Gasteiger partial charge in [-0.25, -0.2) is 0 Å². The minimum atomic E-state index is -0.164. The fraction of sp³-hybridized carbons (Fsp3) is 0.385. The second-order valence-electron chi connectivity index (χ2n) is 4.35. The first-order valence-electron chi connectivity index (χ1n) is 5.92. The lowest BCUT2D eigenvalue weighted by atomic mass is 10.2. The first-order chi connectivity index (χ1) is 8.90. The zero-order valence-corrected chi connectivity index (χ0v) is 14.5. The van der Waals surface area contributed by atoms with E-state index in [0.29, 0.717) is 12.1 Å². The van der Waals surface area contributed by atoms with Crippen LogP contribution in [0, 0.1) is 3.57 Å². The summed E-state index contributed by atoms with van der Waals surface area (Å²) in [5.74, 6) is -0.220. The Labute approximate surface area is 135 Å². The predicted octanol–water partition coefficient (Wildman–Crippen LogP) is 2.70. The number of hydrogen-bond donors (Lipinski definition) is 2. The fourth-order valence-corrected chi connectivity index (χ4v) is 2.39. The van der Waals surface area contributed by atoms with Crippen LogP contribution in [-0.2, 0) is 4.79 Å². The maximum atomic E-state index is 12.0. The van der Waals surface area contributed by atoms with Crippen molar-refractivity contribution < 1.29 is 9.59 Å². The van der Waals surface area contributed by atoms with Gasteiger partial charge in [0.1, 0.15) is 0 Å². The molecule has 0 saturated heterocycles. The summed E-state index contributed by atoms with van der Waals surface area (Å²) in [6, 6.07) is 5.64. The summed E-state index contributed by atoms with van der Waals surface area (Å²) in [5.41, 5.74) is 0.610. The molecule has 0 heterocycles. The Kier molecular flexibility index (Phi) is 6.78. The molecule has 0 spiro atoms. The van der Waals surface area contributed by atoms with Crippen molar-refractivity contribution in [3.8, 4) is 0 Å². The minimum Gasteiger partial charge on any atom is -0.354 e. The molecule has 19 heavy (non-hydrogen) atoms. The van der Waals surface area contributed by atoms with E-state index in [9.17, 15) is 9.59 Å². The summed E-state index contributed by atoms with van der Waals surface area (Å²) in [4.78, 5) is 23.4. The predicted molar refractivity (Wildman–Crippen MR) is 87.1 cm³/mol. The van der Waals surface area contributed by atoms with Crippen LogP contribution in [-0.4, -0.2) is 24.4 Å². The average molecular weight is 439 g/mol. The van der Waals surface area contributed by atoms with Gasteiger partial charge in [-0.05, 0) is 54.6 Å². The topological polar surface area (TPSA) is 58.2 Å². The highest BCUT2D eigenvalue weighted by molar-refractivity contribution is 14.1. The quantitative estimate of drug-likeness (QED) is 0.694. The molecule has 0 radical (unpaired) electrons. The second-order valence-corrected chi connectivity index (χ2v) is 6.43. The van der Waals surface area contributed by atoms with Crippen molar-refractivity contribution >= 4 is 50.3 Å². The van der Waals surface area contributed by atoms with Crippen LogP contribution in [0.3, 0.4) is 0 Å². The van der Waals surface area contributed by atoms with E-state index in [0.717, 1.165) is 8.04 Å². The number of halogens is 2. The highest BCUT2D eigenvalue weighted by Gasteiger charge is 2.11. The van der Waals surface area contributed by atoms with Gasteiger partial charge in [-0.2, -0.15) is 0 Å². The molecule has 104 valence electrons. The molecule has 0 bridgehead atoms. The summed E-state index contributed by atoms with van der Waals surface area (Å²) in [6.45, 7) is 4.14. The Morgan fingerprint density at radius 1 is 1.37 bits per heavy atom. The molecule has 2 amide bonds. The second kappa shape index (κ2) is 7.84. The van der Waals surface area contributed by atoms with Gasteiger partial charge in [0, 0.05) is 27.1 Å². The molecule has 0 aromatic heterocycles. The number of amides is 2. The van der Waals surface area contributed by atoms with Gasteiger partial charge in [-0.1, -0.05) is 15.9 Å². The van der Waals surface area contributed by atoms with E-state index in [-0.39, 0.29) is 24.3 Å². The normalized spacial score (nSPS) is 10.4. The lowest BCUT2D eigenvalue weighted by molar-refractivity contribution is -0.121. The molecule has 2 N–H and O–H groups in total. The maximum absolute atomic E-state index is 12.0. The molecule has 1 rings (SSSR count). The van der Waals surface area contributed by atoms with Crippen molar-refractivity contribution in [2.24, 2.45) is 0 Å². The molecule has 0 unspecified atom stereocenters. The van der Waals surface area contributed by atoms with E-state index in [1.165, 1.54) is 0 Å². The van der Waals surface area contributed by atoms with Crippen LogP contribution in [0.25, 0.3) is 0 Å². The number of benzene rings is 1. The summed E-state index contributed by atoms with van der Waals surface area (Å²) < 4.78 is 1.74. The molecular weight excluding hydrogens is 423 g/mol.